The highest BCUT2D eigenvalue weighted by Crippen LogP contribution is 2.37. The number of likely N-dealkylation sites (tertiary alicyclic amines) is 1. The number of nitrogens with zero attached hydrogens (tertiary/aromatic N) is 2. The molecule has 2 amide bonds. The lowest BCUT2D eigenvalue weighted by Crippen LogP contribution is -2.47. The molecule has 1 saturated carbocycles. The van der Waals surface area contributed by atoms with Crippen molar-refractivity contribution in [3.63, 3.8) is 0 Å². The van der Waals surface area contributed by atoms with Crippen LogP contribution in [0.1, 0.15) is 47.0 Å². The number of nitriles is 1. The quantitative estimate of drug-likeness (QED) is 0.548. The third-order valence-corrected chi connectivity index (χ3v) is 8.70. The van der Waals surface area contributed by atoms with E-state index in [1.54, 1.807) is 20.8 Å². The summed E-state index contributed by atoms with van der Waals surface area (Å²) < 4.78 is 75.5. The molecule has 9 nitrogen and oxygen atoms in total. The maximum absolute atomic E-state index is 13.4. The van der Waals surface area contributed by atoms with E-state index in [-0.39, 0.29) is 28.6 Å². The standard InChI is InChI=1S/C23H27ClF3N3O6S/c1-13(23(25,26)27)35-14-5-6-17(16(24)9-14)37(33,34)15-10-18(30(11-15)19(31)21(2,3)4)36-20(32)29-22(12-28)7-8-22/h5-6,9,13,15,18H,7-8,10-11H2,1-4H3,(H,29,32)/t13-,15+,18+/m0/s1. The Kier molecular flexibility index (Phi) is 7.69. The molecule has 0 spiro atoms. The zero-order valence-corrected chi connectivity index (χ0v) is 22.1. The fourth-order valence-electron chi connectivity index (χ4n) is 3.72. The van der Waals surface area contributed by atoms with Gasteiger partial charge in [0.1, 0.15) is 11.3 Å². The molecule has 1 aromatic carbocycles. The Bertz CT molecular complexity index is 1220. The Hall–Kier alpha value is -2.72. The Balaban J connectivity index is 1.83. The number of alkyl carbamates (subject to hydrolysis) is 1. The lowest BCUT2D eigenvalue weighted by atomic mass is 9.95. The van der Waals surface area contributed by atoms with Crippen LogP contribution in [0, 0.1) is 16.7 Å². The van der Waals surface area contributed by atoms with Crippen molar-refractivity contribution in [2.45, 2.75) is 81.1 Å². The highest BCUT2D eigenvalue weighted by Gasteiger charge is 2.49. The number of halogens is 4. The second kappa shape index (κ2) is 9.87. The Morgan fingerprint density at radius 3 is 2.38 bits per heavy atom. The number of nitrogens with one attached hydrogen (secondary N) is 1. The zero-order valence-electron chi connectivity index (χ0n) is 20.6. The molecule has 1 N–H and O–H groups in total. The summed E-state index contributed by atoms with van der Waals surface area (Å²) in [7, 11) is -4.22. The fraction of sp³-hybridized carbons (Fsp3) is 0.609. The van der Waals surface area contributed by atoms with Gasteiger partial charge >= 0.3 is 12.3 Å². The van der Waals surface area contributed by atoms with E-state index in [2.05, 4.69) is 5.32 Å². The molecule has 0 radical (unpaired) electrons. The number of carbonyl (C=O) groups excluding carboxylic acids is 2. The first-order chi connectivity index (χ1) is 16.9. The van der Waals surface area contributed by atoms with Crippen molar-refractivity contribution in [1.82, 2.24) is 10.2 Å². The van der Waals surface area contributed by atoms with Crippen molar-refractivity contribution < 1.29 is 40.7 Å². The molecule has 2 aliphatic rings. The minimum absolute atomic E-state index is 0.267. The van der Waals surface area contributed by atoms with Gasteiger partial charge in [-0.05, 0) is 31.9 Å². The zero-order chi connectivity index (χ0) is 28.0. The molecular formula is C23H27ClF3N3O6S. The van der Waals surface area contributed by atoms with E-state index in [4.69, 9.17) is 21.1 Å². The third kappa shape index (κ3) is 6.41. The minimum Gasteiger partial charge on any atom is -0.481 e. The van der Waals surface area contributed by atoms with Crippen LogP contribution in [0.3, 0.4) is 0 Å². The minimum atomic E-state index is -4.63. The van der Waals surface area contributed by atoms with E-state index >= 15 is 0 Å². The van der Waals surface area contributed by atoms with Crippen molar-refractivity contribution in [2.75, 3.05) is 6.54 Å². The van der Waals surface area contributed by atoms with Gasteiger partial charge in [0, 0.05) is 24.4 Å². The summed E-state index contributed by atoms with van der Waals surface area (Å²) in [5, 5.41) is 10.0. The number of ether oxygens (including phenoxy) is 2. The van der Waals surface area contributed by atoms with E-state index in [1.807, 2.05) is 6.07 Å². The maximum atomic E-state index is 13.4. The SMILES string of the molecule is C[C@H](Oc1ccc(S(=O)(=O)[C@@H]2C[C@@H](OC(=O)NC3(C#N)CC3)N(C(=O)C(C)(C)C)C2)c(Cl)c1)C(F)(F)F. The first-order valence-corrected chi connectivity index (χ1v) is 13.3. The van der Waals surface area contributed by atoms with Gasteiger partial charge in [-0.1, -0.05) is 32.4 Å². The van der Waals surface area contributed by atoms with Crippen LogP contribution < -0.4 is 10.1 Å². The Morgan fingerprint density at radius 2 is 1.89 bits per heavy atom. The van der Waals surface area contributed by atoms with Crippen LogP contribution in [0.4, 0.5) is 18.0 Å². The van der Waals surface area contributed by atoms with Gasteiger partial charge in [0.25, 0.3) is 0 Å². The number of amides is 2. The number of alkyl halides is 3. The van der Waals surface area contributed by atoms with Crippen LogP contribution in [-0.2, 0) is 19.4 Å². The van der Waals surface area contributed by atoms with Gasteiger partial charge in [-0.15, -0.1) is 0 Å². The summed E-state index contributed by atoms with van der Waals surface area (Å²) in [4.78, 5) is 26.3. The summed E-state index contributed by atoms with van der Waals surface area (Å²) in [6.07, 6.45) is -8.32. The normalized spacial score (nSPS) is 22.1. The number of hydrogen-bond acceptors (Lipinski definition) is 7. The van der Waals surface area contributed by atoms with Crippen molar-refractivity contribution in [1.29, 1.82) is 5.26 Å². The molecule has 0 bridgehead atoms. The largest absolute Gasteiger partial charge is 0.481 e. The van der Waals surface area contributed by atoms with Gasteiger partial charge in [-0.25, -0.2) is 13.2 Å². The molecule has 3 atom stereocenters. The van der Waals surface area contributed by atoms with Gasteiger partial charge in [-0.3, -0.25) is 4.79 Å². The summed E-state index contributed by atoms with van der Waals surface area (Å²) in [6, 6.07) is 5.05. The van der Waals surface area contributed by atoms with Crippen LogP contribution in [0.5, 0.6) is 5.75 Å². The third-order valence-electron chi connectivity index (χ3n) is 6.09. The lowest BCUT2D eigenvalue weighted by Gasteiger charge is -2.30. The van der Waals surface area contributed by atoms with Crippen LogP contribution in [0.15, 0.2) is 23.1 Å². The molecule has 1 aliphatic carbocycles. The average Bonchev–Trinajstić information content (AvgIpc) is 3.40. The number of sulfone groups is 1. The van der Waals surface area contributed by atoms with Crippen LogP contribution >= 0.6 is 11.6 Å². The molecule has 1 aromatic rings. The smallest absolute Gasteiger partial charge is 0.425 e. The first kappa shape index (κ1) is 28.8. The van der Waals surface area contributed by atoms with Gasteiger partial charge in [0.15, 0.2) is 22.2 Å². The number of rotatable bonds is 6. The number of benzene rings is 1. The molecule has 14 heteroatoms. The topological polar surface area (TPSA) is 126 Å². The number of hydrogen-bond donors (Lipinski definition) is 1. The number of carbonyl (C=O) groups is 2. The van der Waals surface area contributed by atoms with E-state index in [9.17, 15) is 36.4 Å². The molecule has 3 rings (SSSR count). The lowest BCUT2D eigenvalue weighted by molar-refractivity contribution is -0.189. The van der Waals surface area contributed by atoms with Crippen LogP contribution in [0.2, 0.25) is 5.02 Å². The molecule has 1 aliphatic heterocycles. The molecule has 1 heterocycles. The molecular weight excluding hydrogens is 539 g/mol. The molecule has 0 aromatic heterocycles. The molecule has 204 valence electrons. The Labute approximate surface area is 217 Å². The van der Waals surface area contributed by atoms with Crippen molar-refractivity contribution in [3.05, 3.63) is 23.2 Å². The van der Waals surface area contributed by atoms with Crippen molar-refractivity contribution in [3.8, 4) is 11.8 Å². The molecule has 2 fully saturated rings. The van der Waals surface area contributed by atoms with E-state index in [0.717, 1.165) is 30.0 Å². The van der Waals surface area contributed by atoms with Crippen molar-refractivity contribution >= 4 is 33.4 Å². The Morgan fingerprint density at radius 1 is 1.27 bits per heavy atom. The summed E-state index contributed by atoms with van der Waals surface area (Å²) in [5.41, 5.74) is -1.95. The van der Waals surface area contributed by atoms with Crippen LogP contribution in [-0.4, -0.2) is 61.2 Å². The van der Waals surface area contributed by atoms with Gasteiger partial charge in [0.2, 0.25) is 5.91 Å². The van der Waals surface area contributed by atoms with E-state index < -0.39 is 56.5 Å². The monoisotopic (exact) mass is 565 g/mol. The summed E-state index contributed by atoms with van der Waals surface area (Å²) in [5.74, 6) is -0.727. The molecule has 0 unspecified atom stereocenters. The second-order valence-corrected chi connectivity index (χ2v) is 12.8. The van der Waals surface area contributed by atoms with E-state index in [0.29, 0.717) is 12.8 Å². The molecule has 1 saturated heterocycles. The predicted octanol–water partition coefficient (Wildman–Crippen LogP) is 4.20. The van der Waals surface area contributed by atoms with Gasteiger partial charge < -0.3 is 19.7 Å². The fourth-order valence-corrected chi connectivity index (χ4v) is 5.93. The summed E-state index contributed by atoms with van der Waals surface area (Å²) >= 11 is 6.13. The van der Waals surface area contributed by atoms with E-state index in [1.165, 1.54) is 0 Å². The van der Waals surface area contributed by atoms with Crippen LogP contribution in [0.25, 0.3) is 0 Å². The predicted molar refractivity (Wildman–Crippen MR) is 125 cm³/mol. The van der Waals surface area contributed by atoms with Gasteiger partial charge in [0.05, 0.1) is 21.2 Å². The summed E-state index contributed by atoms with van der Waals surface area (Å²) in [6.45, 7) is 5.37. The maximum Gasteiger partial charge on any atom is 0.425 e. The highest BCUT2D eigenvalue weighted by atomic mass is 35.5. The highest BCUT2D eigenvalue weighted by molar-refractivity contribution is 7.92. The first-order valence-electron chi connectivity index (χ1n) is 11.4. The van der Waals surface area contributed by atoms with Crippen molar-refractivity contribution in [2.24, 2.45) is 5.41 Å². The molecule has 37 heavy (non-hydrogen) atoms. The average molecular weight is 566 g/mol. The second-order valence-electron chi connectivity index (χ2n) is 10.2. The van der Waals surface area contributed by atoms with Gasteiger partial charge in [-0.2, -0.15) is 18.4 Å².